The Balaban J connectivity index is 1.31. The lowest BCUT2D eigenvalue weighted by molar-refractivity contribution is 0.200. The van der Waals surface area contributed by atoms with Gasteiger partial charge in [-0.1, -0.05) is 121 Å². The number of nitrogens with one attached hydrogen (secondary N) is 2. The topological polar surface area (TPSA) is 175 Å². The molecule has 10 aromatic rings. The van der Waals surface area contributed by atoms with Crippen LogP contribution in [0.2, 0.25) is 0 Å². The average Bonchev–Trinajstić information content (AvgIpc) is 4.20. The van der Waals surface area contributed by atoms with Crippen LogP contribution in [-0.2, 0) is 0 Å². The SMILES string of the molecule is OCCOc1ccc(-c2c3nc(c(-c4ccc(OCCO)c(Br)c4)c4[nH]c(c(-c5ccc(OCCO)c(Br)c5)c5nc(c(-c6ccc(OCCO)c(Br)c6)c6[nH]c2c2ccccc62)-c2ccccc2-5)c2ccccc42)-c2ccccc2-3)cc1Br. The predicted molar refractivity (Wildman–Crippen MR) is 348 cm³/mol. The van der Waals surface area contributed by atoms with Crippen molar-refractivity contribution in [1.29, 1.82) is 0 Å². The van der Waals surface area contributed by atoms with Gasteiger partial charge in [0.1, 0.15) is 49.4 Å². The van der Waals surface area contributed by atoms with Gasteiger partial charge in [0.05, 0.1) is 89.2 Å². The fourth-order valence-corrected chi connectivity index (χ4v) is 13.5. The van der Waals surface area contributed by atoms with Crippen molar-refractivity contribution in [3.63, 3.8) is 0 Å². The van der Waals surface area contributed by atoms with E-state index in [1.165, 1.54) is 0 Å². The number of nitrogens with zero attached hydrogens (tertiary/aromatic N) is 2. The highest BCUT2D eigenvalue weighted by Gasteiger charge is 2.31. The molecule has 12 nitrogen and oxygen atoms in total. The van der Waals surface area contributed by atoms with Crippen LogP contribution in [0.5, 0.6) is 23.0 Å². The van der Waals surface area contributed by atoms with Gasteiger partial charge in [0.15, 0.2) is 0 Å². The summed E-state index contributed by atoms with van der Waals surface area (Å²) in [5, 5.41) is 43.0. The number of H-pyrrole nitrogens is 2. The van der Waals surface area contributed by atoms with E-state index in [4.69, 9.17) is 28.9 Å². The molecule has 16 heteroatoms. The molecule has 8 bridgehead atoms. The van der Waals surface area contributed by atoms with E-state index >= 15 is 0 Å². The second-order valence-electron chi connectivity index (χ2n) is 19.9. The summed E-state index contributed by atoms with van der Waals surface area (Å²) in [6.07, 6.45) is 0. The van der Waals surface area contributed by atoms with Crippen LogP contribution in [0.3, 0.4) is 0 Å². The van der Waals surface area contributed by atoms with Gasteiger partial charge < -0.3 is 49.3 Å². The van der Waals surface area contributed by atoms with Gasteiger partial charge in [-0.15, -0.1) is 0 Å². The summed E-state index contributed by atoms with van der Waals surface area (Å²) in [6, 6.07) is 57.4. The zero-order valence-corrected chi connectivity index (χ0v) is 51.0. The summed E-state index contributed by atoms with van der Waals surface area (Å²) >= 11 is 15.5. The van der Waals surface area contributed by atoms with E-state index in [-0.39, 0.29) is 52.9 Å². The molecule has 3 aliphatic rings. The van der Waals surface area contributed by atoms with Crippen LogP contribution in [0.15, 0.2) is 188 Å². The molecule has 0 spiro atoms. The van der Waals surface area contributed by atoms with Gasteiger partial charge in [-0.2, -0.15) is 0 Å². The number of hydrogen-bond acceptors (Lipinski definition) is 10. The fraction of sp³-hybridized carbons (Fsp3) is 0.118. The summed E-state index contributed by atoms with van der Waals surface area (Å²) in [6.45, 7) is -0.0958. The lowest BCUT2D eigenvalue weighted by atomic mass is 9.93. The van der Waals surface area contributed by atoms with Crippen molar-refractivity contribution >= 4 is 107 Å². The summed E-state index contributed by atoms with van der Waals surface area (Å²) in [4.78, 5) is 20.1. The van der Waals surface area contributed by atoms with E-state index in [1.807, 2.05) is 97.1 Å². The quantitative estimate of drug-likeness (QED) is 0.0546. The number of hydrogen-bond donors (Lipinski definition) is 6. The minimum atomic E-state index is -0.144. The average molecular weight is 1370 g/mol. The Morgan fingerprint density at radius 2 is 0.536 bits per heavy atom. The molecule has 0 fully saturated rings. The molecule has 0 saturated carbocycles. The first-order chi connectivity index (χ1) is 41.2. The number of rotatable bonds is 16. The third kappa shape index (κ3) is 9.97. The minimum absolute atomic E-state index is 0.120. The molecular formula is C68H50Br4N4O8. The lowest BCUT2D eigenvalue weighted by Crippen LogP contribution is -2.02. The van der Waals surface area contributed by atoms with E-state index in [9.17, 15) is 20.4 Å². The third-order valence-corrected chi connectivity index (χ3v) is 17.5. The number of aromatic amines is 2. The molecular weight excluding hydrogens is 1320 g/mol. The van der Waals surface area contributed by atoms with Crippen molar-refractivity contribution < 1.29 is 39.4 Å². The van der Waals surface area contributed by atoms with Crippen LogP contribution in [0.25, 0.3) is 133 Å². The zero-order valence-electron chi connectivity index (χ0n) is 44.7. The molecule has 1 aliphatic carbocycles. The Morgan fingerprint density at radius 1 is 0.310 bits per heavy atom. The zero-order chi connectivity index (χ0) is 57.6. The molecule has 0 atom stereocenters. The van der Waals surface area contributed by atoms with Gasteiger partial charge in [-0.3, -0.25) is 0 Å². The maximum absolute atomic E-state index is 9.81. The molecule has 4 heterocycles. The smallest absolute Gasteiger partial charge is 0.133 e. The van der Waals surface area contributed by atoms with Crippen molar-refractivity contribution in [2.24, 2.45) is 0 Å². The van der Waals surface area contributed by atoms with Crippen LogP contribution in [0, 0.1) is 0 Å². The largest absolute Gasteiger partial charge is 0.490 e. The number of ether oxygens (including phenoxy) is 4. The van der Waals surface area contributed by atoms with Crippen molar-refractivity contribution in [2.75, 3.05) is 52.9 Å². The first-order valence-corrected chi connectivity index (χ1v) is 30.3. The van der Waals surface area contributed by atoms with Crippen molar-refractivity contribution in [1.82, 2.24) is 19.9 Å². The summed E-state index contributed by atoms with van der Waals surface area (Å²) < 4.78 is 26.9. The Hall–Kier alpha value is -7.64. The van der Waals surface area contributed by atoms with E-state index in [2.05, 4.69) is 146 Å². The summed E-state index contributed by atoms with van der Waals surface area (Å²) in [5.41, 5.74) is 16.3. The van der Waals surface area contributed by atoms with Gasteiger partial charge in [0.2, 0.25) is 0 Å². The van der Waals surface area contributed by atoms with Crippen molar-refractivity contribution in [3.8, 4) is 113 Å². The second-order valence-corrected chi connectivity index (χ2v) is 23.3. The van der Waals surface area contributed by atoms with E-state index in [0.717, 1.165) is 110 Å². The van der Waals surface area contributed by atoms with E-state index < -0.39 is 0 Å². The maximum Gasteiger partial charge on any atom is 0.133 e. The Bertz CT molecular complexity index is 4030. The highest BCUT2D eigenvalue weighted by molar-refractivity contribution is 9.11. The molecule has 0 amide bonds. The molecule has 6 N–H and O–H groups in total. The Kier molecular flexibility index (Phi) is 15.7. The predicted octanol–water partition coefficient (Wildman–Crippen LogP) is 16.5. The molecule has 8 aromatic carbocycles. The van der Waals surface area contributed by atoms with Crippen LogP contribution in [0.1, 0.15) is 0 Å². The molecule has 418 valence electrons. The standard InChI is InChI=1S/C68H50Br4N4O8/c69-49-33-37(17-21-53(49)81-29-25-77)57-61-41-9-1-2-10-42(41)62(73-61)58(38-18-22-54(50(70)34-38)82-30-26-78)64-45-13-5-6-14-46(45)66(75-64)60(40-20-24-56(52(72)36-40)84-32-28-80)68-48-16-8-7-15-47(48)67(76-68)59(39-19-23-55(51(71)35-39)83-31-27-79)65-44-12-4-3-11-43(44)63(57)74-65/h1-24,33-36,73,76-80H,25-32H2. The highest BCUT2D eigenvalue weighted by atomic mass is 79.9. The molecule has 0 unspecified atom stereocenters. The Morgan fingerprint density at radius 3 is 0.750 bits per heavy atom. The van der Waals surface area contributed by atoms with Crippen molar-refractivity contribution in [3.05, 3.63) is 188 Å². The number of aliphatic hydroxyl groups is 4. The number of halogens is 4. The molecule has 2 aliphatic heterocycles. The van der Waals surface area contributed by atoms with Gasteiger partial charge in [0, 0.05) is 66.1 Å². The summed E-state index contributed by atoms with van der Waals surface area (Å²) in [5.74, 6) is 2.31. The van der Waals surface area contributed by atoms with Gasteiger partial charge in [-0.05, 0) is 135 Å². The summed E-state index contributed by atoms with van der Waals surface area (Å²) in [7, 11) is 0. The molecule has 13 rings (SSSR count). The lowest BCUT2D eigenvalue weighted by Gasteiger charge is -2.12. The first-order valence-electron chi connectivity index (χ1n) is 27.1. The molecule has 0 saturated heterocycles. The Labute approximate surface area is 515 Å². The molecule has 0 radical (unpaired) electrons. The molecule has 2 aromatic heterocycles. The van der Waals surface area contributed by atoms with E-state index in [0.29, 0.717) is 63.7 Å². The van der Waals surface area contributed by atoms with Crippen LogP contribution < -0.4 is 18.9 Å². The monoisotopic (exact) mass is 1370 g/mol. The maximum atomic E-state index is 9.81. The van der Waals surface area contributed by atoms with E-state index in [1.54, 1.807) is 0 Å². The third-order valence-electron chi connectivity index (χ3n) is 15.0. The second kappa shape index (κ2) is 23.8. The highest BCUT2D eigenvalue weighted by Crippen LogP contribution is 2.53. The first kappa shape index (κ1) is 55.5. The normalized spacial score (nSPS) is 11.7. The number of aliphatic hydroxyl groups excluding tert-OH is 4. The van der Waals surface area contributed by atoms with Gasteiger partial charge >= 0.3 is 0 Å². The van der Waals surface area contributed by atoms with Crippen molar-refractivity contribution in [2.45, 2.75) is 0 Å². The molecule has 84 heavy (non-hydrogen) atoms. The fourth-order valence-electron chi connectivity index (χ4n) is 11.5. The van der Waals surface area contributed by atoms with Crippen LogP contribution in [0.4, 0.5) is 0 Å². The number of aromatic nitrogens is 4. The number of benzene rings is 8. The van der Waals surface area contributed by atoms with Gasteiger partial charge in [-0.25, -0.2) is 9.97 Å². The van der Waals surface area contributed by atoms with Crippen LogP contribution in [-0.4, -0.2) is 93.2 Å². The minimum Gasteiger partial charge on any atom is -0.490 e. The van der Waals surface area contributed by atoms with Gasteiger partial charge in [0.25, 0.3) is 0 Å². The van der Waals surface area contributed by atoms with Crippen LogP contribution >= 0.6 is 63.7 Å².